The topological polar surface area (TPSA) is 57.6 Å². The zero-order valence-corrected chi connectivity index (χ0v) is 8.80. The van der Waals surface area contributed by atoms with Crippen molar-refractivity contribution in [3.8, 4) is 0 Å². The monoisotopic (exact) mass is 219 g/mol. The SMILES string of the molecule is O=C(O)[C@@H]1CCCN1C(=O)c1ccccc1. The number of carboxylic acid groups (broad SMARTS) is 1. The van der Waals surface area contributed by atoms with Crippen molar-refractivity contribution >= 4 is 11.9 Å². The third-order valence-electron chi connectivity index (χ3n) is 2.82. The summed E-state index contributed by atoms with van der Waals surface area (Å²) < 4.78 is 0. The number of aliphatic carboxylic acids is 1. The second-order valence-corrected chi connectivity index (χ2v) is 3.86. The Balaban J connectivity index is 2.19. The molecule has 1 aliphatic rings. The van der Waals surface area contributed by atoms with Gasteiger partial charge in [0.15, 0.2) is 0 Å². The van der Waals surface area contributed by atoms with Gasteiger partial charge in [-0.3, -0.25) is 4.79 Å². The molecular formula is C12H13NO3. The molecule has 0 bridgehead atoms. The van der Waals surface area contributed by atoms with Gasteiger partial charge in [-0.25, -0.2) is 4.79 Å². The van der Waals surface area contributed by atoms with Gasteiger partial charge in [-0.1, -0.05) is 18.2 Å². The smallest absolute Gasteiger partial charge is 0.326 e. The van der Waals surface area contributed by atoms with Crippen molar-refractivity contribution in [2.45, 2.75) is 18.9 Å². The summed E-state index contributed by atoms with van der Waals surface area (Å²) in [5, 5.41) is 8.99. The second-order valence-electron chi connectivity index (χ2n) is 3.86. The molecule has 16 heavy (non-hydrogen) atoms. The normalized spacial score (nSPS) is 19.8. The van der Waals surface area contributed by atoms with Crippen LogP contribution < -0.4 is 0 Å². The van der Waals surface area contributed by atoms with E-state index in [-0.39, 0.29) is 5.91 Å². The largest absolute Gasteiger partial charge is 0.480 e. The molecule has 1 atom stereocenters. The standard InChI is InChI=1S/C12H13NO3/c14-11(9-5-2-1-3-6-9)13-8-4-7-10(13)12(15)16/h1-3,5-6,10H,4,7-8H2,(H,15,16)/t10-/m0/s1. The van der Waals surface area contributed by atoms with Crippen molar-refractivity contribution in [3.63, 3.8) is 0 Å². The fraction of sp³-hybridized carbons (Fsp3) is 0.333. The number of hydrogen-bond donors (Lipinski definition) is 1. The molecule has 4 nitrogen and oxygen atoms in total. The Hall–Kier alpha value is -1.84. The van der Waals surface area contributed by atoms with Gasteiger partial charge in [0.2, 0.25) is 0 Å². The molecule has 0 saturated carbocycles. The summed E-state index contributed by atoms with van der Waals surface area (Å²) in [4.78, 5) is 24.4. The fourth-order valence-corrected chi connectivity index (χ4v) is 2.01. The summed E-state index contributed by atoms with van der Waals surface area (Å²) in [6.07, 6.45) is 1.31. The summed E-state index contributed by atoms with van der Waals surface area (Å²) in [6, 6.07) is 8.14. The lowest BCUT2D eigenvalue weighted by molar-refractivity contribution is -0.141. The Morgan fingerprint density at radius 1 is 1.25 bits per heavy atom. The molecule has 1 N–H and O–H groups in total. The summed E-state index contributed by atoms with van der Waals surface area (Å²) >= 11 is 0. The number of rotatable bonds is 2. The first-order valence-corrected chi connectivity index (χ1v) is 5.29. The maximum Gasteiger partial charge on any atom is 0.326 e. The van der Waals surface area contributed by atoms with Crippen LogP contribution in [-0.4, -0.2) is 34.5 Å². The van der Waals surface area contributed by atoms with Crippen molar-refractivity contribution in [1.82, 2.24) is 4.90 Å². The van der Waals surface area contributed by atoms with Gasteiger partial charge in [0.05, 0.1) is 0 Å². The number of carbonyl (C=O) groups excluding carboxylic acids is 1. The van der Waals surface area contributed by atoms with Crippen molar-refractivity contribution in [2.24, 2.45) is 0 Å². The first-order chi connectivity index (χ1) is 7.70. The van der Waals surface area contributed by atoms with Crippen LogP contribution in [0, 0.1) is 0 Å². The Morgan fingerprint density at radius 3 is 2.56 bits per heavy atom. The predicted octanol–water partition coefficient (Wildman–Crippen LogP) is 1.38. The molecule has 1 amide bonds. The van der Waals surface area contributed by atoms with Crippen LogP contribution in [0.2, 0.25) is 0 Å². The predicted molar refractivity (Wildman–Crippen MR) is 58.1 cm³/mol. The van der Waals surface area contributed by atoms with E-state index in [0.717, 1.165) is 6.42 Å². The van der Waals surface area contributed by atoms with Crippen LogP contribution in [0.5, 0.6) is 0 Å². The van der Waals surface area contributed by atoms with Crippen LogP contribution in [-0.2, 0) is 4.79 Å². The summed E-state index contributed by atoms with van der Waals surface area (Å²) in [5.74, 6) is -1.10. The number of nitrogens with zero attached hydrogens (tertiary/aromatic N) is 1. The molecule has 0 aromatic heterocycles. The van der Waals surface area contributed by atoms with Crippen molar-refractivity contribution in [1.29, 1.82) is 0 Å². The molecule has 4 heteroatoms. The van der Waals surface area contributed by atoms with Crippen molar-refractivity contribution < 1.29 is 14.7 Å². The van der Waals surface area contributed by atoms with Crippen molar-refractivity contribution in [3.05, 3.63) is 35.9 Å². The number of amides is 1. The molecule has 2 rings (SSSR count). The highest BCUT2D eigenvalue weighted by Crippen LogP contribution is 2.20. The average molecular weight is 219 g/mol. The lowest BCUT2D eigenvalue weighted by Crippen LogP contribution is -2.40. The summed E-state index contributed by atoms with van der Waals surface area (Å²) in [6.45, 7) is 0.532. The lowest BCUT2D eigenvalue weighted by atomic mass is 10.1. The average Bonchev–Trinajstić information content (AvgIpc) is 2.78. The van der Waals surface area contributed by atoms with Crippen LogP contribution in [0.4, 0.5) is 0 Å². The summed E-state index contributed by atoms with van der Waals surface area (Å²) in [5.41, 5.74) is 0.552. The first kappa shape index (κ1) is 10.7. The lowest BCUT2D eigenvalue weighted by Gasteiger charge is -2.21. The van der Waals surface area contributed by atoms with E-state index in [4.69, 9.17) is 5.11 Å². The Bertz CT molecular complexity index is 402. The Morgan fingerprint density at radius 2 is 1.94 bits per heavy atom. The van der Waals surface area contributed by atoms with Crippen LogP contribution in [0.1, 0.15) is 23.2 Å². The molecule has 0 aliphatic carbocycles. The van der Waals surface area contributed by atoms with Gasteiger partial charge in [-0.15, -0.1) is 0 Å². The quantitative estimate of drug-likeness (QED) is 0.817. The van der Waals surface area contributed by atoms with Crippen molar-refractivity contribution in [2.75, 3.05) is 6.54 Å². The maximum atomic E-state index is 12.0. The molecule has 84 valence electrons. The molecule has 1 saturated heterocycles. The van der Waals surface area contributed by atoms with E-state index in [1.54, 1.807) is 24.3 Å². The molecule has 1 heterocycles. The molecule has 1 aromatic carbocycles. The van der Waals surface area contributed by atoms with Gasteiger partial charge >= 0.3 is 5.97 Å². The minimum absolute atomic E-state index is 0.189. The molecule has 0 spiro atoms. The van der Waals surface area contributed by atoms with Gasteiger partial charge in [0, 0.05) is 12.1 Å². The van der Waals surface area contributed by atoms with Gasteiger partial charge in [-0.2, -0.15) is 0 Å². The van der Waals surface area contributed by atoms with Gasteiger partial charge in [-0.05, 0) is 25.0 Å². The van der Waals surface area contributed by atoms with E-state index < -0.39 is 12.0 Å². The van der Waals surface area contributed by atoms with E-state index in [1.165, 1.54) is 4.90 Å². The highest BCUT2D eigenvalue weighted by molar-refractivity contribution is 5.96. The van der Waals surface area contributed by atoms with E-state index >= 15 is 0 Å². The van der Waals surface area contributed by atoms with Crippen LogP contribution in [0.15, 0.2) is 30.3 Å². The molecule has 1 aliphatic heterocycles. The van der Waals surface area contributed by atoms with Crippen LogP contribution in [0.25, 0.3) is 0 Å². The van der Waals surface area contributed by atoms with E-state index in [0.29, 0.717) is 18.5 Å². The maximum absolute atomic E-state index is 12.0. The molecule has 0 radical (unpaired) electrons. The number of hydrogen-bond acceptors (Lipinski definition) is 2. The van der Waals surface area contributed by atoms with Crippen LogP contribution >= 0.6 is 0 Å². The molecule has 0 unspecified atom stereocenters. The summed E-state index contributed by atoms with van der Waals surface area (Å²) in [7, 11) is 0. The van der Waals surface area contributed by atoms with Gasteiger partial charge in [0.1, 0.15) is 6.04 Å². The highest BCUT2D eigenvalue weighted by atomic mass is 16.4. The molecular weight excluding hydrogens is 206 g/mol. The Labute approximate surface area is 93.5 Å². The van der Waals surface area contributed by atoms with Crippen LogP contribution in [0.3, 0.4) is 0 Å². The van der Waals surface area contributed by atoms with E-state index in [1.807, 2.05) is 6.07 Å². The fourth-order valence-electron chi connectivity index (χ4n) is 2.01. The van der Waals surface area contributed by atoms with Gasteiger partial charge < -0.3 is 10.0 Å². The number of carbonyl (C=O) groups is 2. The second kappa shape index (κ2) is 4.35. The zero-order valence-electron chi connectivity index (χ0n) is 8.80. The number of carboxylic acids is 1. The third-order valence-corrected chi connectivity index (χ3v) is 2.82. The third kappa shape index (κ3) is 1.91. The van der Waals surface area contributed by atoms with E-state index in [2.05, 4.69) is 0 Å². The first-order valence-electron chi connectivity index (χ1n) is 5.29. The minimum Gasteiger partial charge on any atom is -0.480 e. The highest BCUT2D eigenvalue weighted by Gasteiger charge is 2.34. The van der Waals surface area contributed by atoms with Gasteiger partial charge in [0.25, 0.3) is 5.91 Å². The number of benzene rings is 1. The zero-order chi connectivity index (χ0) is 11.5. The molecule has 1 aromatic rings. The van der Waals surface area contributed by atoms with E-state index in [9.17, 15) is 9.59 Å². The minimum atomic E-state index is -0.915. The molecule has 1 fully saturated rings. The number of likely N-dealkylation sites (tertiary alicyclic amines) is 1. The Kier molecular flexibility index (Phi) is 2.90.